The van der Waals surface area contributed by atoms with Gasteiger partial charge in [0.2, 0.25) is 0 Å². The Labute approximate surface area is 128 Å². The van der Waals surface area contributed by atoms with E-state index in [1.54, 1.807) is 6.92 Å². The van der Waals surface area contributed by atoms with E-state index in [9.17, 15) is 4.79 Å². The molecule has 0 atom stereocenters. The maximum Gasteiger partial charge on any atom is 0.333 e. The molecular formula is C13H30O4Si3. The molecule has 20 heavy (non-hydrogen) atoms. The molecule has 0 fully saturated rings. The zero-order valence-corrected chi connectivity index (χ0v) is 18.3. The first-order valence-electron chi connectivity index (χ1n) is 6.97. The molecule has 0 aliphatic heterocycles. The molecule has 4 nitrogen and oxygen atoms in total. The van der Waals surface area contributed by atoms with Crippen molar-refractivity contribution in [2.45, 2.75) is 58.0 Å². The van der Waals surface area contributed by atoms with Crippen LogP contribution < -0.4 is 0 Å². The van der Waals surface area contributed by atoms with Crippen molar-refractivity contribution in [1.29, 1.82) is 0 Å². The molecule has 0 aromatic carbocycles. The van der Waals surface area contributed by atoms with E-state index in [0.717, 1.165) is 10.2 Å². The Morgan fingerprint density at radius 1 is 1.10 bits per heavy atom. The molecule has 0 aliphatic carbocycles. The summed E-state index contributed by atoms with van der Waals surface area (Å²) in [4.78, 5) is 11.4. The van der Waals surface area contributed by atoms with Crippen LogP contribution in [0.5, 0.6) is 0 Å². The standard InChI is InChI=1S/C13H30O4Si3/c1-11(2)12(14)15-10-9-13(18,16-19(3,4)5)17-20(6,7)8/h1,9-10H2,2-8,18H3. The Hall–Kier alpha value is -0.219. The highest BCUT2D eigenvalue weighted by molar-refractivity contribution is 6.71. The molecule has 0 amide bonds. The second kappa shape index (κ2) is 7.17. The van der Waals surface area contributed by atoms with Crippen LogP contribution in [0.1, 0.15) is 13.3 Å². The first-order chi connectivity index (χ1) is 8.74. The summed E-state index contributed by atoms with van der Waals surface area (Å²) in [5.74, 6) is -0.352. The van der Waals surface area contributed by atoms with Gasteiger partial charge in [0.15, 0.2) is 16.6 Å². The number of rotatable bonds is 8. The summed E-state index contributed by atoms with van der Waals surface area (Å²) >= 11 is 0. The number of hydrogen-bond acceptors (Lipinski definition) is 4. The Morgan fingerprint density at radius 3 is 1.80 bits per heavy atom. The monoisotopic (exact) mass is 334 g/mol. The number of carbonyl (C=O) groups excluding carboxylic acids is 1. The van der Waals surface area contributed by atoms with E-state index >= 15 is 0 Å². The average molecular weight is 335 g/mol. The highest BCUT2D eigenvalue weighted by Crippen LogP contribution is 2.24. The number of hydrogen-bond donors (Lipinski definition) is 0. The lowest BCUT2D eigenvalue weighted by Crippen LogP contribution is -2.51. The maximum atomic E-state index is 11.4. The van der Waals surface area contributed by atoms with E-state index < -0.39 is 22.0 Å². The first kappa shape index (κ1) is 19.8. The van der Waals surface area contributed by atoms with Crippen molar-refractivity contribution >= 4 is 32.8 Å². The van der Waals surface area contributed by atoms with Crippen molar-refractivity contribution in [2.75, 3.05) is 6.61 Å². The van der Waals surface area contributed by atoms with Crippen molar-refractivity contribution in [3.8, 4) is 0 Å². The van der Waals surface area contributed by atoms with Gasteiger partial charge < -0.3 is 13.6 Å². The van der Waals surface area contributed by atoms with Gasteiger partial charge in [0.25, 0.3) is 0 Å². The fourth-order valence-electron chi connectivity index (χ4n) is 1.87. The molecule has 0 bridgehead atoms. The van der Waals surface area contributed by atoms with Gasteiger partial charge in [-0.1, -0.05) is 6.58 Å². The van der Waals surface area contributed by atoms with Crippen molar-refractivity contribution in [3.05, 3.63) is 12.2 Å². The van der Waals surface area contributed by atoms with Crippen LogP contribution >= 0.6 is 0 Å². The van der Waals surface area contributed by atoms with E-state index in [2.05, 4.69) is 45.9 Å². The van der Waals surface area contributed by atoms with Crippen molar-refractivity contribution in [3.63, 3.8) is 0 Å². The fraction of sp³-hybridized carbons (Fsp3) is 0.769. The molecule has 0 aliphatic rings. The third-order valence-corrected chi connectivity index (χ3v) is 6.00. The minimum atomic E-state index is -1.72. The lowest BCUT2D eigenvalue weighted by Gasteiger charge is -2.40. The second-order valence-electron chi connectivity index (χ2n) is 7.23. The van der Waals surface area contributed by atoms with E-state index in [4.69, 9.17) is 13.6 Å². The minimum Gasteiger partial charge on any atom is -0.462 e. The quantitative estimate of drug-likeness (QED) is 0.295. The predicted molar refractivity (Wildman–Crippen MR) is 91.9 cm³/mol. The van der Waals surface area contributed by atoms with Gasteiger partial charge in [-0.3, -0.25) is 0 Å². The van der Waals surface area contributed by atoms with Gasteiger partial charge in [-0.2, -0.15) is 0 Å². The zero-order chi connectivity index (χ0) is 16.2. The lowest BCUT2D eigenvalue weighted by molar-refractivity contribution is -0.142. The van der Waals surface area contributed by atoms with E-state index in [1.807, 2.05) is 0 Å². The Morgan fingerprint density at radius 2 is 1.50 bits per heavy atom. The first-order valence-corrected chi connectivity index (χ1v) is 14.8. The van der Waals surface area contributed by atoms with Crippen LogP contribution in [0.15, 0.2) is 12.2 Å². The molecular weight excluding hydrogens is 304 g/mol. The molecule has 0 unspecified atom stereocenters. The highest BCUT2D eigenvalue weighted by Gasteiger charge is 2.36. The van der Waals surface area contributed by atoms with Gasteiger partial charge in [0.05, 0.1) is 16.8 Å². The molecule has 0 aromatic rings. The molecule has 0 spiro atoms. The summed E-state index contributed by atoms with van der Waals surface area (Å²) in [5, 5.41) is 0. The molecule has 0 saturated heterocycles. The largest absolute Gasteiger partial charge is 0.462 e. The molecule has 0 N–H and O–H groups in total. The molecule has 0 saturated carbocycles. The van der Waals surface area contributed by atoms with E-state index in [1.165, 1.54) is 0 Å². The molecule has 0 heterocycles. The predicted octanol–water partition coefficient (Wildman–Crippen LogP) is 2.22. The third kappa shape index (κ3) is 9.65. The van der Waals surface area contributed by atoms with Crippen molar-refractivity contribution < 1.29 is 18.4 Å². The maximum absolute atomic E-state index is 11.4. The van der Waals surface area contributed by atoms with Crippen LogP contribution in [0, 0.1) is 0 Å². The topological polar surface area (TPSA) is 44.8 Å². The Balaban J connectivity index is 4.70. The number of carbonyl (C=O) groups is 1. The van der Waals surface area contributed by atoms with Gasteiger partial charge in [-0.25, -0.2) is 4.79 Å². The summed E-state index contributed by atoms with van der Waals surface area (Å²) in [6, 6.07) is 0. The molecule has 118 valence electrons. The number of esters is 1. The Kier molecular flexibility index (Phi) is 7.09. The van der Waals surface area contributed by atoms with E-state index in [0.29, 0.717) is 18.6 Å². The van der Waals surface area contributed by atoms with Gasteiger partial charge in [0, 0.05) is 12.0 Å². The summed E-state index contributed by atoms with van der Waals surface area (Å²) in [7, 11) is -2.69. The molecule has 0 radical (unpaired) electrons. The molecule has 7 heteroatoms. The van der Waals surface area contributed by atoms with Crippen LogP contribution in [-0.4, -0.2) is 44.9 Å². The fourth-order valence-corrected chi connectivity index (χ4v) is 8.71. The van der Waals surface area contributed by atoms with Gasteiger partial charge in [-0.05, 0) is 46.2 Å². The van der Waals surface area contributed by atoms with E-state index in [-0.39, 0.29) is 5.97 Å². The SMILES string of the molecule is C=C(C)C(=O)OCCC([SiH3])(O[Si](C)(C)C)O[Si](C)(C)C. The van der Waals surface area contributed by atoms with Gasteiger partial charge in [0.1, 0.15) is 5.41 Å². The van der Waals surface area contributed by atoms with Crippen molar-refractivity contribution in [2.24, 2.45) is 0 Å². The summed E-state index contributed by atoms with van der Waals surface area (Å²) in [6.45, 7) is 18.4. The minimum absolute atomic E-state index is 0.310. The summed E-state index contributed by atoms with van der Waals surface area (Å²) < 4.78 is 17.7. The summed E-state index contributed by atoms with van der Waals surface area (Å²) in [6.07, 6.45) is 0.590. The second-order valence-corrected chi connectivity index (χ2v) is 17.6. The number of ether oxygens (including phenoxy) is 1. The zero-order valence-electron chi connectivity index (χ0n) is 14.3. The van der Waals surface area contributed by atoms with Crippen LogP contribution in [0.3, 0.4) is 0 Å². The lowest BCUT2D eigenvalue weighted by atomic mass is 10.3. The molecule has 0 rings (SSSR count). The van der Waals surface area contributed by atoms with Crippen LogP contribution in [0.2, 0.25) is 39.3 Å². The van der Waals surface area contributed by atoms with Crippen LogP contribution in [-0.2, 0) is 18.4 Å². The van der Waals surface area contributed by atoms with Gasteiger partial charge in [-0.15, -0.1) is 0 Å². The molecule has 0 aromatic heterocycles. The smallest absolute Gasteiger partial charge is 0.333 e. The van der Waals surface area contributed by atoms with Crippen LogP contribution in [0.4, 0.5) is 0 Å². The average Bonchev–Trinajstić information content (AvgIpc) is 2.10. The third-order valence-electron chi connectivity index (χ3n) is 2.18. The van der Waals surface area contributed by atoms with Gasteiger partial charge >= 0.3 is 5.97 Å². The summed E-state index contributed by atoms with van der Waals surface area (Å²) in [5.41, 5.74) is -0.134. The highest BCUT2D eigenvalue weighted by atomic mass is 28.4. The normalized spacial score (nSPS) is 13.3. The Bertz CT molecular complexity index is 340. The van der Waals surface area contributed by atoms with Crippen LogP contribution in [0.25, 0.3) is 0 Å². The van der Waals surface area contributed by atoms with Crippen molar-refractivity contribution in [1.82, 2.24) is 0 Å².